The number of benzene rings is 1. The lowest BCUT2D eigenvalue weighted by Gasteiger charge is -2.03. The topological polar surface area (TPSA) is 125 Å². The molecule has 0 aliphatic heterocycles. The fraction of sp³-hybridized carbons (Fsp3) is 0. The van der Waals surface area contributed by atoms with Crippen LogP contribution < -0.4 is 11.5 Å². The predicted octanol–water partition coefficient (Wildman–Crippen LogP) is 0.0387. The molecular formula is C8H8N4O3. The number of carbonyl (C=O) groups is 1. The second-order valence-electron chi connectivity index (χ2n) is 2.65. The monoisotopic (exact) mass is 208 g/mol. The smallest absolute Gasteiger partial charge is 0.270 e. The number of hydrogen-bond donors (Lipinski definition) is 2. The Labute approximate surface area is 84.6 Å². The van der Waals surface area contributed by atoms with Gasteiger partial charge in [-0.05, 0) is 6.07 Å². The van der Waals surface area contributed by atoms with Gasteiger partial charge in [0.1, 0.15) is 5.84 Å². The van der Waals surface area contributed by atoms with Crippen LogP contribution in [0, 0.1) is 10.1 Å². The Morgan fingerprint density at radius 3 is 2.73 bits per heavy atom. The Balaban J connectivity index is 3.28. The lowest BCUT2D eigenvalue weighted by atomic mass is 10.1. The molecule has 1 amide bonds. The molecule has 0 fully saturated rings. The molecule has 1 rings (SSSR count). The van der Waals surface area contributed by atoms with Gasteiger partial charge in [0.05, 0.1) is 4.92 Å². The van der Waals surface area contributed by atoms with Crippen LogP contribution in [0.15, 0.2) is 23.2 Å². The van der Waals surface area contributed by atoms with E-state index in [4.69, 9.17) is 11.5 Å². The van der Waals surface area contributed by atoms with Crippen molar-refractivity contribution in [2.24, 2.45) is 10.7 Å². The number of nitrogen functional groups attached to an aromatic ring is 1. The van der Waals surface area contributed by atoms with Gasteiger partial charge in [-0.3, -0.25) is 14.9 Å². The van der Waals surface area contributed by atoms with Gasteiger partial charge in [-0.1, -0.05) is 0 Å². The van der Waals surface area contributed by atoms with Crippen molar-refractivity contribution in [1.82, 2.24) is 0 Å². The molecule has 1 aromatic carbocycles. The first-order valence-electron chi connectivity index (χ1n) is 3.87. The predicted molar refractivity (Wildman–Crippen MR) is 54.3 cm³/mol. The van der Waals surface area contributed by atoms with Gasteiger partial charge in [0.2, 0.25) is 6.41 Å². The molecule has 0 bridgehead atoms. The molecule has 78 valence electrons. The second kappa shape index (κ2) is 4.18. The summed E-state index contributed by atoms with van der Waals surface area (Å²) in [4.78, 5) is 23.2. The van der Waals surface area contributed by atoms with Crippen molar-refractivity contribution in [3.63, 3.8) is 0 Å². The fourth-order valence-electron chi connectivity index (χ4n) is 1.01. The van der Waals surface area contributed by atoms with E-state index in [-0.39, 0.29) is 29.2 Å². The van der Waals surface area contributed by atoms with Crippen molar-refractivity contribution in [2.45, 2.75) is 0 Å². The number of carbonyl (C=O) groups excluding carboxylic acids is 1. The fourth-order valence-corrected chi connectivity index (χ4v) is 1.01. The summed E-state index contributed by atoms with van der Waals surface area (Å²) >= 11 is 0. The number of amidine groups is 1. The third kappa shape index (κ3) is 2.27. The van der Waals surface area contributed by atoms with Gasteiger partial charge in [-0.25, -0.2) is 0 Å². The van der Waals surface area contributed by atoms with Crippen molar-refractivity contribution in [3.05, 3.63) is 33.9 Å². The number of aliphatic imine (C=N–C) groups is 1. The minimum Gasteiger partial charge on any atom is -0.398 e. The van der Waals surface area contributed by atoms with Gasteiger partial charge >= 0.3 is 0 Å². The average molecular weight is 208 g/mol. The molecule has 0 spiro atoms. The zero-order valence-corrected chi connectivity index (χ0v) is 7.58. The molecular weight excluding hydrogens is 200 g/mol. The number of nitro benzene ring substituents is 1. The lowest BCUT2D eigenvalue weighted by Crippen LogP contribution is -2.15. The lowest BCUT2D eigenvalue weighted by molar-refractivity contribution is -0.384. The first-order chi connectivity index (χ1) is 7.06. The van der Waals surface area contributed by atoms with Crippen LogP contribution in [0.3, 0.4) is 0 Å². The molecule has 0 unspecified atom stereocenters. The van der Waals surface area contributed by atoms with Crippen LogP contribution in [0.4, 0.5) is 11.4 Å². The van der Waals surface area contributed by atoms with Crippen LogP contribution in [0.25, 0.3) is 0 Å². The summed E-state index contributed by atoms with van der Waals surface area (Å²) < 4.78 is 0. The summed E-state index contributed by atoms with van der Waals surface area (Å²) in [6, 6.07) is 3.74. The van der Waals surface area contributed by atoms with Crippen molar-refractivity contribution >= 4 is 23.6 Å². The molecule has 4 N–H and O–H groups in total. The highest BCUT2D eigenvalue weighted by molar-refractivity contribution is 6.05. The Hall–Kier alpha value is -2.44. The molecule has 0 aromatic heterocycles. The SMILES string of the molecule is NC(=NC=O)c1cc([N+](=O)[O-])ccc1N. The van der Waals surface area contributed by atoms with E-state index in [9.17, 15) is 14.9 Å². The number of rotatable bonds is 3. The maximum Gasteiger partial charge on any atom is 0.270 e. The number of anilines is 1. The van der Waals surface area contributed by atoms with Gasteiger partial charge < -0.3 is 11.5 Å². The molecule has 7 heteroatoms. The van der Waals surface area contributed by atoms with Crippen molar-refractivity contribution < 1.29 is 9.72 Å². The average Bonchev–Trinajstić information content (AvgIpc) is 2.18. The van der Waals surface area contributed by atoms with Crippen LogP contribution in [0.5, 0.6) is 0 Å². The van der Waals surface area contributed by atoms with E-state index in [0.29, 0.717) is 0 Å². The summed E-state index contributed by atoms with van der Waals surface area (Å²) in [7, 11) is 0. The number of non-ortho nitro benzene ring substituents is 1. The molecule has 0 radical (unpaired) electrons. The van der Waals surface area contributed by atoms with Crippen molar-refractivity contribution in [1.29, 1.82) is 0 Å². The van der Waals surface area contributed by atoms with Crippen LogP contribution in [0.1, 0.15) is 5.56 Å². The Bertz CT molecular complexity index is 442. The normalized spacial score (nSPS) is 11.1. The molecule has 0 aliphatic carbocycles. The highest BCUT2D eigenvalue weighted by Crippen LogP contribution is 2.19. The van der Waals surface area contributed by atoms with Crippen molar-refractivity contribution in [3.8, 4) is 0 Å². The van der Waals surface area contributed by atoms with Gasteiger partial charge in [0.15, 0.2) is 0 Å². The third-order valence-corrected chi connectivity index (χ3v) is 1.72. The molecule has 0 atom stereocenters. The maximum absolute atomic E-state index is 10.5. The van der Waals surface area contributed by atoms with Crippen LogP contribution >= 0.6 is 0 Å². The Morgan fingerprint density at radius 2 is 2.20 bits per heavy atom. The van der Waals surface area contributed by atoms with Crippen LogP contribution in [-0.2, 0) is 4.79 Å². The highest BCUT2D eigenvalue weighted by atomic mass is 16.6. The largest absolute Gasteiger partial charge is 0.398 e. The molecule has 7 nitrogen and oxygen atoms in total. The minimum absolute atomic E-state index is 0.147. The summed E-state index contributed by atoms with van der Waals surface area (Å²) in [6.45, 7) is 0. The van der Waals surface area contributed by atoms with E-state index in [0.717, 1.165) is 6.07 Å². The van der Waals surface area contributed by atoms with E-state index in [1.807, 2.05) is 0 Å². The first-order valence-corrected chi connectivity index (χ1v) is 3.87. The minimum atomic E-state index is -0.586. The number of nitrogens with two attached hydrogens (primary N) is 2. The Kier molecular flexibility index (Phi) is 2.97. The van der Waals surface area contributed by atoms with Gasteiger partial charge in [-0.15, -0.1) is 0 Å². The van der Waals surface area contributed by atoms with E-state index < -0.39 is 4.92 Å². The van der Waals surface area contributed by atoms with E-state index in [1.54, 1.807) is 0 Å². The van der Waals surface area contributed by atoms with Gasteiger partial charge in [0, 0.05) is 23.4 Å². The summed E-state index contributed by atoms with van der Waals surface area (Å²) in [6.07, 6.45) is 0.244. The van der Waals surface area contributed by atoms with E-state index >= 15 is 0 Å². The number of nitrogens with zero attached hydrogens (tertiary/aromatic N) is 2. The number of nitro groups is 1. The molecule has 0 saturated carbocycles. The zero-order chi connectivity index (χ0) is 11.4. The van der Waals surface area contributed by atoms with Gasteiger partial charge in [-0.2, -0.15) is 4.99 Å². The zero-order valence-electron chi connectivity index (χ0n) is 7.58. The second-order valence-corrected chi connectivity index (χ2v) is 2.65. The number of hydrogen-bond acceptors (Lipinski definition) is 4. The van der Waals surface area contributed by atoms with Crippen molar-refractivity contribution in [2.75, 3.05) is 5.73 Å². The van der Waals surface area contributed by atoms with E-state index in [1.165, 1.54) is 12.1 Å². The highest BCUT2D eigenvalue weighted by Gasteiger charge is 2.11. The molecule has 0 saturated heterocycles. The maximum atomic E-state index is 10.5. The quantitative estimate of drug-likeness (QED) is 0.181. The van der Waals surface area contributed by atoms with Gasteiger partial charge in [0.25, 0.3) is 5.69 Å². The molecule has 0 heterocycles. The Morgan fingerprint density at radius 1 is 1.53 bits per heavy atom. The third-order valence-electron chi connectivity index (χ3n) is 1.72. The van der Waals surface area contributed by atoms with Crippen LogP contribution in [-0.4, -0.2) is 17.2 Å². The first kappa shape index (κ1) is 10.6. The van der Waals surface area contributed by atoms with Crippen LogP contribution in [0.2, 0.25) is 0 Å². The standard InChI is InChI=1S/C8H8N4O3/c9-7-2-1-5(12(14)15)3-6(7)8(10)11-4-13/h1-4H,9H2,(H2,10,11,13). The summed E-state index contributed by atoms with van der Waals surface area (Å²) in [5.74, 6) is -0.147. The van der Waals surface area contributed by atoms with E-state index in [2.05, 4.69) is 4.99 Å². The molecule has 0 aliphatic rings. The summed E-state index contributed by atoms with van der Waals surface area (Å²) in [5.41, 5.74) is 11.2. The summed E-state index contributed by atoms with van der Waals surface area (Å²) in [5, 5.41) is 10.5. The number of amides is 1. The molecule has 1 aromatic rings. The molecule has 15 heavy (non-hydrogen) atoms.